The quantitative estimate of drug-likeness (QED) is 0.507. The van der Waals surface area contributed by atoms with E-state index in [1.165, 1.54) is 6.92 Å². The topological polar surface area (TPSA) is 68.0 Å². The number of thiazole rings is 1. The predicted octanol–water partition coefficient (Wildman–Crippen LogP) is 2.98. The molecule has 1 amide bonds. The van der Waals surface area contributed by atoms with Gasteiger partial charge in [0.15, 0.2) is 28.4 Å². The summed E-state index contributed by atoms with van der Waals surface area (Å²) in [6.45, 7) is 1.40. The molecule has 1 aromatic heterocycles. The van der Waals surface area contributed by atoms with Gasteiger partial charge in [-0.2, -0.15) is 0 Å². The van der Waals surface area contributed by atoms with Crippen molar-refractivity contribution in [2.45, 2.75) is 6.92 Å². The highest BCUT2D eigenvalue weighted by Gasteiger charge is 2.27. The SMILES string of the molecule is Cc1nc(N)sc1C(=O)Nc1c(F)c(F)c(F)c(F)c1F. The van der Waals surface area contributed by atoms with Crippen molar-refractivity contribution in [3.05, 3.63) is 39.7 Å². The minimum Gasteiger partial charge on any atom is -0.375 e. The van der Waals surface area contributed by atoms with E-state index >= 15 is 0 Å². The molecule has 0 atom stereocenters. The van der Waals surface area contributed by atoms with Gasteiger partial charge in [-0.3, -0.25) is 4.79 Å². The summed E-state index contributed by atoms with van der Waals surface area (Å²) >= 11 is 0.713. The number of benzene rings is 1. The number of hydrogen-bond donors (Lipinski definition) is 2. The first-order valence-electron chi connectivity index (χ1n) is 5.29. The summed E-state index contributed by atoms with van der Waals surface area (Å²) in [6.07, 6.45) is 0. The molecule has 0 aliphatic heterocycles. The van der Waals surface area contributed by atoms with Gasteiger partial charge in [0.25, 0.3) is 5.91 Å². The van der Waals surface area contributed by atoms with E-state index in [1.54, 1.807) is 5.32 Å². The molecule has 2 aromatic rings. The van der Waals surface area contributed by atoms with Crippen LogP contribution in [-0.2, 0) is 0 Å². The monoisotopic (exact) mass is 323 g/mol. The number of rotatable bonds is 2. The van der Waals surface area contributed by atoms with Gasteiger partial charge in [0.2, 0.25) is 5.82 Å². The van der Waals surface area contributed by atoms with Crippen LogP contribution in [0.15, 0.2) is 0 Å². The zero-order chi connectivity index (χ0) is 15.9. The minimum atomic E-state index is -2.30. The number of nitrogen functional groups attached to an aromatic ring is 1. The lowest BCUT2D eigenvalue weighted by Gasteiger charge is -2.09. The van der Waals surface area contributed by atoms with Gasteiger partial charge in [-0.25, -0.2) is 26.9 Å². The molecule has 3 N–H and O–H groups in total. The first-order chi connectivity index (χ1) is 9.73. The van der Waals surface area contributed by atoms with E-state index in [2.05, 4.69) is 4.98 Å². The summed E-state index contributed by atoms with van der Waals surface area (Å²) in [5, 5.41) is 1.66. The molecule has 0 radical (unpaired) electrons. The van der Waals surface area contributed by atoms with Crippen LogP contribution in [0.1, 0.15) is 15.4 Å². The zero-order valence-electron chi connectivity index (χ0n) is 10.2. The highest BCUT2D eigenvalue weighted by molar-refractivity contribution is 7.17. The number of nitrogens with one attached hydrogen (secondary N) is 1. The Bertz CT molecular complexity index is 717. The van der Waals surface area contributed by atoms with Crippen LogP contribution in [0.2, 0.25) is 0 Å². The van der Waals surface area contributed by atoms with Crippen molar-refractivity contribution in [2.75, 3.05) is 11.1 Å². The van der Waals surface area contributed by atoms with E-state index in [0.717, 1.165) is 0 Å². The van der Waals surface area contributed by atoms with Crippen molar-refractivity contribution < 1.29 is 26.7 Å². The van der Waals surface area contributed by atoms with Gasteiger partial charge < -0.3 is 11.1 Å². The largest absolute Gasteiger partial charge is 0.375 e. The van der Waals surface area contributed by atoms with Crippen molar-refractivity contribution in [1.29, 1.82) is 0 Å². The number of nitrogens with zero attached hydrogens (tertiary/aromatic N) is 1. The molecule has 112 valence electrons. The minimum absolute atomic E-state index is 0.0232. The number of amides is 1. The average Bonchev–Trinajstić information content (AvgIpc) is 2.78. The van der Waals surface area contributed by atoms with Gasteiger partial charge >= 0.3 is 0 Å². The number of carbonyl (C=O) groups is 1. The number of anilines is 2. The Balaban J connectivity index is 2.45. The number of aryl methyl sites for hydroxylation is 1. The lowest BCUT2D eigenvalue weighted by atomic mass is 10.2. The summed E-state index contributed by atoms with van der Waals surface area (Å²) in [5.41, 5.74) is 4.09. The maximum absolute atomic E-state index is 13.4. The predicted molar refractivity (Wildman–Crippen MR) is 65.4 cm³/mol. The Morgan fingerprint density at radius 2 is 1.52 bits per heavy atom. The standard InChI is InChI=1S/C11H6F5N3OS/c1-2-9(21-11(17)18-2)10(20)19-8-6(15)4(13)3(12)5(14)7(8)16/h1H3,(H2,17,18)(H,19,20). The molecule has 10 heteroatoms. The molecule has 0 unspecified atom stereocenters. The lowest BCUT2D eigenvalue weighted by Crippen LogP contribution is -2.16. The number of halogens is 5. The Hall–Kier alpha value is -2.23. The van der Waals surface area contributed by atoms with Crippen molar-refractivity contribution in [2.24, 2.45) is 0 Å². The van der Waals surface area contributed by atoms with E-state index in [0.29, 0.717) is 11.3 Å². The fraction of sp³-hybridized carbons (Fsp3) is 0.0909. The van der Waals surface area contributed by atoms with Gasteiger partial charge in [-0.1, -0.05) is 11.3 Å². The summed E-state index contributed by atoms with van der Waals surface area (Å²) in [7, 11) is 0. The molecule has 0 aliphatic carbocycles. The van der Waals surface area contributed by atoms with Crippen molar-refractivity contribution in [3.63, 3.8) is 0 Å². The van der Waals surface area contributed by atoms with Crippen LogP contribution in [-0.4, -0.2) is 10.9 Å². The lowest BCUT2D eigenvalue weighted by molar-refractivity contribution is 0.102. The second-order valence-electron chi connectivity index (χ2n) is 3.87. The first kappa shape index (κ1) is 15.2. The number of carbonyl (C=O) groups excluding carboxylic acids is 1. The van der Waals surface area contributed by atoms with Crippen LogP contribution in [0.25, 0.3) is 0 Å². The molecule has 0 fully saturated rings. The van der Waals surface area contributed by atoms with E-state index in [9.17, 15) is 26.7 Å². The second-order valence-corrected chi connectivity index (χ2v) is 4.90. The maximum atomic E-state index is 13.4. The fourth-order valence-corrected chi connectivity index (χ4v) is 2.24. The molecule has 1 aromatic carbocycles. The summed E-state index contributed by atoms with van der Waals surface area (Å²) in [5.74, 6) is -11.9. The molecule has 1 heterocycles. The number of hydrogen-bond acceptors (Lipinski definition) is 4. The van der Waals surface area contributed by atoms with Crippen LogP contribution >= 0.6 is 11.3 Å². The van der Waals surface area contributed by atoms with Gasteiger partial charge in [0.05, 0.1) is 5.69 Å². The molecule has 0 spiro atoms. The smallest absolute Gasteiger partial charge is 0.267 e. The highest BCUT2D eigenvalue weighted by Crippen LogP contribution is 2.28. The van der Waals surface area contributed by atoms with Crippen molar-refractivity contribution in [1.82, 2.24) is 4.98 Å². The fourth-order valence-electron chi connectivity index (χ4n) is 1.51. The normalized spacial score (nSPS) is 10.8. The third-order valence-corrected chi connectivity index (χ3v) is 3.45. The van der Waals surface area contributed by atoms with Crippen molar-refractivity contribution >= 4 is 28.1 Å². The maximum Gasteiger partial charge on any atom is 0.267 e. The van der Waals surface area contributed by atoms with Crippen LogP contribution < -0.4 is 11.1 Å². The molecule has 0 bridgehead atoms. The van der Waals surface area contributed by atoms with Crippen LogP contribution in [0.4, 0.5) is 32.8 Å². The Labute approximate surface area is 118 Å². The second kappa shape index (κ2) is 5.28. The molecule has 0 saturated carbocycles. The number of aromatic nitrogens is 1. The molecular formula is C11H6F5N3OS. The summed E-state index contributed by atoms with van der Waals surface area (Å²) < 4.78 is 65.7. The van der Waals surface area contributed by atoms with Crippen LogP contribution in [0.3, 0.4) is 0 Å². The average molecular weight is 323 g/mol. The molecule has 0 saturated heterocycles. The van der Waals surface area contributed by atoms with Gasteiger partial charge in [0.1, 0.15) is 10.6 Å². The van der Waals surface area contributed by atoms with Crippen LogP contribution in [0, 0.1) is 36.0 Å². The Morgan fingerprint density at radius 3 is 1.95 bits per heavy atom. The Morgan fingerprint density at radius 1 is 1.05 bits per heavy atom. The number of nitrogens with two attached hydrogens (primary N) is 1. The van der Waals surface area contributed by atoms with E-state index < -0.39 is 40.7 Å². The first-order valence-corrected chi connectivity index (χ1v) is 6.11. The van der Waals surface area contributed by atoms with Gasteiger partial charge in [-0.15, -0.1) is 0 Å². The molecule has 0 aliphatic rings. The Kier molecular flexibility index (Phi) is 3.81. The molecular weight excluding hydrogens is 317 g/mol. The molecule has 2 rings (SSSR count). The van der Waals surface area contributed by atoms with E-state index in [4.69, 9.17) is 5.73 Å². The molecule has 21 heavy (non-hydrogen) atoms. The highest BCUT2D eigenvalue weighted by atomic mass is 32.1. The van der Waals surface area contributed by atoms with Crippen molar-refractivity contribution in [3.8, 4) is 0 Å². The zero-order valence-corrected chi connectivity index (χ0v) is 11.0. The van der Waals surface area contributed by atoms with E-state index in [-0.39, 0.29) is 15.7 Å². The summed E-state index contributed by atoms with van der Waals surface area (Å²) in [4.78, 5) is 15.4. The van der Waals surface area contributed by atoms with E-state index in [1.807, 2.05) is 0 Å². The molecule has 4 nitrogen and oxygen atoms in total. The summed E-state index contributed by atoms with van der Waals surface area (Å²) in [6, 6.07) is 0. The van der Waals surface area contributed by atoms with Crippen LogP contribution in [0.5, 0.6) is 0 Å². The van der Waals surface area contributed by atoms with Gasteiger partial charge in [-0.05, 0) is 6.92 Å². The third kappa shape index (κ3) is 2.53. The van der Waals surface area contributed by atoms with Gasteiger partial charge in [0, 0.05) is 0 Å². The third-order valence-electron chi connectivity index (χ3n) is 2.47.